The summed E-state index contributed by atoms with van der Waals surface area (Å²) in [5.41, 5.74) is 0. The average Bonchev–Trinajstić information content (AvgIpc) is 3.01. The van der Waals surface area contributed by atoms with Crippen LogP contribution in [0.3, 0.4) is 0 Å². The number of amides is 4. The number of unbranched alkanes of at least 4 members (excludes halogenated alkanes) is 1. The third-order valence-corrected chi connectivity index (χ3v) is 3.41. The molecule has 2 aliphatic heterocycles. The molecule has 0 radical (unpaired) electrons. The molecule has 0 unspecified atom stereocenters. The third-order valence-electron chi connectivity index (χ3n) is 3.41. The van der Waals surface area contributed by atoms with Gasteiger partial charge in [0, 0.05) is 38.5 Å². The quantitative estimate of drug-likeness (QED) is 0.459. The molecule has 2 saturated heterocycles. The first-order chi connectivity index (χ1) is 11.4. The molecular formula is C14H16N2O8. The number of carbonyl (C=O) groups is 6. The second-order valence-corrected chi connectivity index (χ2v) is 5.30. The molecular weight excluding hydrogens is 324 g/mol. The normalized spacial score (nSPS) is 17.7. The molecule has 0 bridgehead atoms. The zero-order valence-electron chi connectivity index (χ0n) is 12.8. The van der Waals surface area contributed by atoms with Gasteiger partial charge in [0.25, 0.3) is 23.6 Å². The molecule has 10 heteroatoms. The van der Waals surface area contributed by atoms with Crippen LogP contribution in [0.5, 0.6) is 0 Å². The van der Waals surface area contributed by atoms with Crippen molar-refractivity contribution in [3.63, 3.8) is 0 Å². The fourth-order valence-electron chi connectivity index (χ4n) is 2.15. The van der Waals surface area contributed by atoms with E-state index in [9.17, 15) is 28.8 Å². The summed E-state index contributed by atoms with van der Waals surface area (Å²) >= 11 is 0. The summed E-state index contributed by atoms with van der Waals surface area (Å²) in [5.74, 6) is -3.74. The highest BCUT2D eigenvalue weighted by Crippen LogP contribution is 2.15. The maximum Gasteiger partial charge on any atom is 0.333 e. The summed E-state index contributed by atoms with van der Waals surface area (Å²) in [7, 11) is 0. The Kier molecular flexibility index (Phi) is 5.61. The van der Waals surface area contributed by atoms with E-state index in [0.717, 1.165) is 0 Å². The van der Waals surface area contributed by atoms with E-state index in [1.807, 2.05) is 0 Å². The highest BCUT2D eigenvalue weighted by Gasteiger charge is 2.33. The summed E-state index contributed by atoms with van der Waals surface area (Å²) < 4.78 is 0. The van der Waals surface area contributed by atoms with Gasteiger partial charge < -0.3 is 9.68 Å². The first kappa shape index (κ1) is 17.6. The van der Waals surface area contributed by atoms with Crippen LogP contribution in [0.25, 0.3) is 0 Å². The molecule has 0 N–H and O–H groups in total. The topological polar surface area (TPSA) is 127 Å². The van der Waals surface area contributed by atoms with Gasteiger partial charge in [-0.05, 0) is 12.8 Å². The largest absolute Gasteiger partial charge is 0.333 e. The van der Waals surface area contributed by atoms with Crippen LogP contribution >= 0.6 is 0 Å². The Morgan fingerprint density at radius 3 is 1.25 bits per heavy atom. The van der Waals surface area contributed by atoms with Crippen molar-refractivity contribution in [2.24, 2.45) is 0 Å². The molecule has 0 aromatic heterocycles. The van der Waals surface area contributed by atoms with Gasteiger partial charge >= 0.3 is 11.9 Å². The smallest absolute Gasteiger partial charge is 0.330 e. The highest BCUT2D eigenvalue weighted by atomic mass is 16.7. The fraction of sp³-hybridized carbons (Fsp3) is 0.571. The first-order valence-electron chi connectivity index (χ1n) is 7.51. The molecule has 2 heterocycles. The van der Waals surface area contributed by atoms with Gasteiger partial charge in [-0.2, -0.15) is 0 Å². The Morgan fingerprint density at radius 1 is 0.667 bits per heavy atom. The molecule has 0 spiro atoms. The molecule has 0 atom stereocenters. The van der Waals surface area contributed by atoms with Crippen LogP contribution in [0.15, 0.2) is 0 Å². The Bertz CT molecular complexity index is 516. The van der Waals surface area contributed by atoms with Crippen LogP contribution in [0.1, 0.15) is 51.4 Å². The number of carbonyl (C=O) groups excluding carboxylic acids is 6. The summed E-state index contributed by atoms with van der Waals surface area (Å²) in [6, 6.07) is 0. The summed E-state index contributed by atoms with van der Waals surface area (Å²) in [6.07, 6.45) is 0.408. The van der Waals surface area contributed by atoms with Gasteiger partial charge in [-0.15, -0.1) is 10.1 Å². The predicted molar refractivity (Wildman–Crippen MR) is 72.8 cm³/mol. The Morgan fingerprint density at radius 2 is 0.958 bits per heavy atom. The Balaban J connectivity index is 1.62. The van der Waals surface area contributed by atoms with Gasteiger partial charge in [0.05, 0.1) is 0 Å². The molecule has 0 aromatic carbocycles. The van der Waals surface area contributed by atoms with Gasteiger partial charge in [-0.3, -0.25) is 19.2 Å². The first-order valence-corrected chi connectivity index (χ1v) is 7.51. The lowest BCUT2D eigenvalue weighted by atomic mass is 10.2. The van der Waals surface area contributed by atoms with Crippen molar-refractivity contribution in [3.05, 3.63) is 0 Å². The second kappa shape index (κ2) is 7.66. The average molecular weight is 340 g/mol. The molecule has 130 valence electrons. The maximum atomic E-state index is 11.5. The van der Waals surface area contributed by atoms with E-state index in [2.05, 4.69) is 9.68 Å². The molecule has 0 saturated carbocycles. The minimum absolute atomic E-state index is 0.0197. The molecule has 24 heavy (non-hydrogen) atoms. The highest BCUT2D eigenvalue weighted by molar-refractivity contribution is 6.02. The number of nitrogens with zero attached hydrogens (tertiary/aromatic N) is 2. The standard InChI is InChI=1S/C14H16N2O8/c17-9-5-6-10(18)15(9)23-13(21)3-1-2-4-14(22)24-16-11(19)7-8-12(16)20/h1-8H2. The number of imide groups is 2. The Labute approximate surface area is 136 Å². The minimum atomic E-state index is -0.753. The third kappa shape index (κ3) is 4.37. The Hall–Kier alpha value is -2.78. The van der Waals surface area contributed by atoms with E-state index in [1.165, 1.54) is 0 Å². The van der Waals surface area contributed by atoms with Crippen LogP contribution in [0.4, 0.5) is 0 Å². The summed E-state index contributed by atoms with van der Waals surface area (Å²) in [4.78, 5) is 77.4. The van der Waals surface area contributed by atoms with E-state index >= 15 is 0 Å². The van der Waals surface area contributed by atoms with Crippen molar-refractivity contribution in [1.29, 1.82) is 0 Å². The number of hydroxylamine groups is 4. The monoisotopic (exact) mass is 340 g/mol. The SMILES string of the molecule is O=C(CCCCC(=O)ON1C(=O)CCC1=O)ON1C(=O)CCC1=O. The number of rotatable bonds is 7. The lowest BCUT2D eigenvalue weighted by molar-refractivity contribution is -0.198. The summed E-state index contributed by atoms with van der Waals surface area (Å²) in [5, 5.41) is 0.919. The zero-order chi connectivity index (χ0) is 17.7. The van der Waals surface area contributed by atoms with E-state index in [4.69, 9.17) is 0 Å². The van der Waals surface area contributed by atoms with Crippen LogP contribution in [0.2, 0.25) is 0 Å². The molecule has 0 aromatic rings. The second-order valence-electron chi connectivity index (χ2n) is 5.30. The predicted octanol–water partition coefficient (Wildman–Crippen LogP) is -0.239. The molecule has 0 aliphatic carbocycles. The van der Waals surface area contributed by atoms with Crippen molar-refractivity contribution >= 4 is 35.6 Å². The molecule has 2 aliphatic rings. The van der Waals surface area contributed by atoms with Crippen molar-refractivity contribution < 1.29 is 38.4 Å². The van der Waals surface area contributed by atoms with Crippen molar-refractivity contribution in [2.75, 3.05) is 0 Å². The van der Waals surface area contributed by atoms with Crippen molar-refractivity contribution in [1.82, 2.24) is 10.1 Å². The van der Waals surface area contributed by atoms with Gasteiger partial charge in [0.15, 0.2) is 0 Å². The number of hydrogen-bond acceptors (Lipinski definition) is 8. The van der Waals surface area contributed by atoms with Crippen LogP contribution in [-0.4, -0.2) is 45.7 Å². The minimum Gasteiger partial charge on any atom is -0.330 e. The van der Waals surface area contributed by atoms with Crippen molar-refractivity contribution in [3.8, 4) is 0 Å². The van der Waals surface area contributed by atoms with Crippen LogP contribution in [0, 0.1) is 0 Å². The lowest BCUT2D eigenvalue weighted by Gasteiger charge is -2.13. The van der Waals surface area contributed by atoms with E-state index in [-0.39, 0.29) is 51.4 Å². The lowest BCUT2D eigenvalue weighted by Crippen LogP contribution is -2.32. The summed E-state index contributed by atoms with van der Waals surface area (Å²) in [6.45, 7) is 0. The van der Waals surface area contributed by atoms with Gasteiger partial charge in [-0.25, -0.2) is 9.59 Å². The van der Waals surface area contributed by atoms with Crippen LogP contribution < -0.4 is 0 Å². The van der Waals surface area contributed by atoms with Gasteiger partial charge in [0.1, 0.15) is 0 Å². The maximum absolute atomic E-state index is 11.5. The molecule has 10 nitrogen and oxygen atoms in total. The van der Waals surface area contributed by atoms with Crippen molar-refractivity contribution in [2.45, 2.75) is 51.4 Å². The van der Waals surface area contributed by atoms with Gasteiger partial charge in [0.2, 0.25) is 0 Å². The van der Waals surface area contributed by atoms with E-state index in [0.29, 0.717) is 10.1 Å². The van der Waals surface area contributed by atoms with E-state index in [1.54, 1.807) is 0 Å². The van der Waals surface area contributed by atoms with Gasteiger partial charge in [-0.1, -0.05) is 0 Å². The van der Waals surface area contributed by atoms with E-state index < -0.39 is 35.6 Å². The molecule has 2 rings (SSSR count). The molecule has 4 amide bonds. The molecule has 2 fully saturated rings. The van der Waals surface area contributed by atoms with Crippen LogP contribution in [-0.2, 0) is 38.4 Å². The zero-order valence-corrected chi connectivity index (χ0v) is 12.8. The number of hydrogen-bond donors (Lipinski definition) is 0. The fourth-order valence-corrected chi connectivity index (χ4v) is 2.15.